The molecule has 34 heavy (non-hydrogen) atoms. The molecule has 0 saturated carbocycles. The molecule has 0 spiro atoms. The van der Waals surface area contributed by atoms with Crippen LogP contribution in [0.4, 0.5) is 27.6 Å². The Bertz CT molecular complexity index is 1100. The molecule has 1 aromatic heterocycles. The molecule has 0 radical (unpaired) electrons. The molecule has 3 N–H and O–H groups in total. The van der Waals surface area contributed by atoms with Gasteiger partial charge in [0.2, 0.25) is 5.88 Å². The van der Waals surface area contributed by atoms with Crippen LogP contribution >= 0.6 is 0 Å². The first-order valence-corrected chi connectivity index (χ1v) is 9.89. The second-order valence-electron chi connectivity index (χ2n) is 7.64. The maximum atomic E-state index is 14.8. The molecular formula is C20H18F5N5O4. The van der Waals surface area contributed by atoms with E-state index >= 15 is 0 Å². The number of amides is 1. The first kappa shape index (κ1) is 23.6. The van der Waals surface area contributed by atoms with Gasteiger partial charge in [-0.15, -0.1) is 0 Å². The van der Waals surface area contributed by atoms with Crippen molar-refractivity contribution < 1.29 is 41.0 Å². The van der Waals surface area contributed by atoms with Crippen LogP contribution in [0.3, 0.4) is 0 Å². The first-order valence-electron chi connectivity index (χ1n) is 9.89. The molecule has 3 heterocycles. The van der Waals surface area contributed by atoms with Gasteiger partial charge in [-0.1, -0.05) is 0 Å². The topological polar surface area (TPSA) is 121 Å². The Morgan fingerprint density at radius 2 is 2.09 bits per heavy atom. The summed E-state index contributed by atoms with van der Waals surface area (Å²) < 4.78 is 80.3. The van der Waals surface area contributed by atoms with Crippen LogP contribution < -0.4 is 15.8 Å². The van der Waals surface area contributed by atoms with Gasteiger partial charge in [0.15, 0.2) is 6.61 Å². The second kappa shape index (κ2) is 9.00. The molecule has 14 heteroatoms. The maximum absolute atomic E-state index is 14.8. The van der Waals surface area contributed by atoms with Gasteiger partial charge in [0.25, 0.3) is 11.9 Å². The average molecular weight is 487 g/mol. The van der Waals surface area contributed by atoms with Crippen LogP contribution in [-0.4, -0.2) is 60.7 Å². The monoisotopic (exact) mass is 487 g/mol. The minimum absolute atomic E-state index is 0.0770. The second-order valence-corrected chi connectivity index (χ2v) is 7.64. The number of hydrogen-bond acceptors (Lipinski definition) is 8. The molecule has 1 fully saturated rings. The summed E-state index contributed by atoms with van der Waals surface area (Å²) in [5.74, 6) is -6.44. The fourth-order valence-corrected chi connectivity index (χ4v) is 3.57. The largest absolute Gasteiger partial charge is 0.470 e. The van der Waals surface area contributed by atoms with Crippen LogP contribution in [0.2, 0.25) is 0 Å². The molecule has 1 unspecified atom stereocenters. The maximum Gasteiger partial charge on any atom is 0.340 e. The summed E-state index contributed by atoms with van der Waals surface area (Å²) in [6, 6.07) is 3.78. The van der Waals surface area contributed by atoms with E-state index in [1.54, 1.807) is 0 Å². The van der Waals surface area contributed by atoms with Crippen molar-refractivity contribution in [3.63, 3.8) is 0 Å². The number of alkyl halides is 4. The Balaban J connectivity index is 1.49. The van der Waals surface area contributed by atoms with E-state index in [2.05, 4.69) is 25.0 Å². The molecule has 2 atom stereocenters. The molecule has 2 aliphatic heterocycles. The van der Waals surface area contributed by atoms with E-state index in [0.717, 1.165) is 18.5 Å². The fraction of sp³-hybridized carbons (Fsp3) is 0.400. The Kier molecular flexibility index (Phi) is 6.25. The van der Waals surface area contributed by atoms with Gasteiger partial charge in [-0.3, -0.25) is 4.79 Å². The third kappa shape index (κ3) is 4.58. The Morgan fingerprint density at radius 1 is 1.29 bits per heavy atom. The molecule has 4 rings (SSSR count). The zero-order chi connectivity index (χ0) is 24.5. The van der Waals surface area contributed by atoms with E-state index in [-0.39, 0.29) is 42.1 Å². The van der Waals surface area contributed by atoms with E-state index in [9.17, 15) is 26.7 Å². The SMILES string of the molecule is NC1=N[C@@]2(c3cc(NC(=O)c4cnc(OCC(F)(F)C(F)F)cn4)ccc3F)COCC2CO1. The van der Waals surface area contributed by atoms with Gasteiger partial charge in [-0.25, -0.2) is 28.1 Å². The highest BCUT2D eigenvalue weighted by Gasteiger charge is 2.50. The number of carbonyl (C=O) groups is 1. The standard InChI is InChI=1S/C20H18F5N5O4/c21-13-2-1-11(3-12(13)19-8-32-6-10(19)7-33-18(26)30-19)29-16(31)14-4-28-15(5-27-14)34-9-20(24,25)17(22)23/h1-5,10,17H,6-9H2,(H2,26,30)(H,29,31)/t10?,19-/m0/s1. The van der Waals surface area contributed by atoms with Gasteiger partial charge >= 0.3 is 12.3 Å². The molecule has 9 nitrogen and oxygen atoms in total. The Hall–Kier alpha value is -3.55. The molecule has 2 aromatic rings. The molecule has 0 bridgehead atoms. The summed E-state index contributed by atoms with van der Waals surface area (Å²) in [5.41, 5.74) is 4.74. The lowest BCUT2D eigenvalue weighted by Crippen LogP contribution is -2.43. The van der Waals surface area contributed by atoms with Crippen molar-refractivity contribution in [3.8, 4) is 5.88 Å². The van der Waals surface area contributed by atoms with Gasteiger partial charge in [0, 0.05) is 17.2 Å². The fourth-order valence-electron chi connectivity index (χ4n) is 3.57. The van der Waals surface area contributed by atoms with Crippen molar-refractivity contribution in [1.82, 2.24) is 9.97 Å². The Labute approximate surface area is 189 Å². The number of nitrogens with zero attached hydrogens (tertiary/aromatic N) is 3. The number of hydrogen-bond donors (Lipinski definition) is 2. The van der Waals surface area contributed by atoms with Crippen LogP contribution in [0.25, 0.3) is 0 Å². The van der Waals surface area contributed by atoms with E-state index in [4.69, 9.17) is 15.2 Å². The summed E-state index contributed by atoms with van der Waals surface area (Å²) in [7, 11) is 0. The number of halogens is 5. The highest BCUT2D eigenvalue weighted by Crippen LogP contribution is 2.43. The number of carbonyl (C=O) groups excluding carboxylic acids is 1. The zero-order valence-electron chi connectivity index (χ0n) is 17.3. The lowest BCUT2D eigenvalue weighted by molar-refractivity contribution is -0.148. The number of amidine groups is 1. The van der Waals surface area contributed by atoms with E-state index in [1.165, 1.54) is 12.1 Å². The van der Waals surface area contributed by atoms with Crippen molar-refractivity contribution in [3.05, 3.63) is 47.7 Å². The van der Waals surface area contributed by atoms with Crippen LogP contribution in [0, 0.1) is 11.7 Å². The van der Waals surface area contributed by atoms with E-state index in [0.29, 0.717) is 6.61 Å². The summed E-state index contributed by atoms with van der Waals surface area (Å²) in [6.07, 6.45) is -2.15. The molecular weight excluding hydrogens is 469 g/mol. The number of aromatic nitrogens is 2. The predicted octanol–water partition coefficient (Wildman–Crippen LogP) is 2.33. The summed E-state index contributed by atoms with van der Waals surface area (Å²) >= 11 is 0. The molecule has 0 aliphatic carbocycles. The molecule has 2 aliphatic rings. The number of nitrogens with one attached hydrogen (secondary N) is 1. The van der Waals surface area contributed by atoms with Crippen LogP contribution in [-0.2, 0) is 15.0 Å². The number of fused-ring (bicyclic) bond motifs is 1. The molecule has 1 saturated heterocycles. The highest BCUT2D eigenvalue weighted by atomic mass is 19.3. The van der Waals surface area contributed by atoms with Gasteiger partial charge in [0.05, 0.1) is 32.2 Å². The third-order valence-corrected chi connectivity index (χ3v) is 5.34. The quantitative estimate of drug-likeness (QED) is 0.575. The van der Waals surface area contributed by atoms with E-state index < -0.39 is 42.1 Å². The van der Waals surface area contributed by atoms with Gasteiger partial charge < -0.3 is 25.3 Å². The highest BCUT2D eigenvalue weighted by molar-refractivity contribution is 6.02. The minimum atomic E-state index is -4.36. The van der Waals surface area contributed by atoms with Gasteiger partial charge in [0.1, 0.15) is 17.1 Å². The summed E-state index contributed by atoms with van der Waals surface area (Å²) in [6.45, 7) is -1.04. The van der Waals surface area contributed by atoms with Crippen molar-refractivity contribution in [2.45, 2.75) is 17.9 Å². The zero-order valence-corrected chi connectivity index (χ0v) is 17.3. The number of rotatable bonds is 7. The van der Waals surface area contributed by atoms with Crippen molar-refractivity contribution in [2.24, 2.45) is 16.6 Å². The molecule has 1 amide bonds. The molecule has 1 aromatic carbocycles. The van der Waals surface area contributed by atoms with Crippen LogP contribution in [0.15, 0.2) is 35.6 Å². The first-order chi connectivity index (χ1) is 16.1. The lowest BCUT2D eigenvalue weighted by Gasteiger charge is -2.34. The summed E-state index contributed by atoms with van der Waals surface area (Å²) in [5, 5.41) is 2.52. The average Bonchev–Trinajstić information content (AvgIpc) is 3.23. The number of anilines is 1. The predicted molar refractivity (Wildman–Crippen MR) is 106 cm³/mol. The van der Waals surface area contributed by atoms with Crippen molar-refractivity contribution in [1.29, 1.82) is 0 Å². The van der Waals surface area contributed by atoms with E-state index in [1.807, 2.05) is 0 Å². The number of ether oxygens (including phenoxy) is 3. The van der Waals surface area contributed by atoms with Crippen molar-refractivity contribution >= 4 is 17.6 Å². The number of benzene rings is 1. The lowest BCUT2D eigenvalue weighted by atomic mass is 9.80. The van der Waals surface area contributed by atoms with Gasteiger partial charge in [-0.05, 0) is 18.2 Å². The smallest absolute Gasteiger partial charge is 0.340 e. The van der Waals surface area contributed by atoms with Crippen LogP contribution in [0.5, 0.6) is 5.88 Å². The van der Waals surface area contributed by atoms with Crippen molar-refractivity contribution in [2.75, 3.05) is 31.7 Å². The Morgan fingerprint density at radius 3 is 2.79 bits per heavy atom. The number of nitrogens with two attached hydrogens (primary N) is 1. The molecule has 182 valence electrons. The number of aliphatic imine (C=N–C) groups is 1. The normalized spacial score (nSPS) is 22.1. The van der Waals surface area contributed by atoms with Crippen LogP contribution in [0.1, 0.15) is 16.1 Å². The van der Waals surface area contributed by atoms with Gasteiger partial charge in [-0.2, -0.15) is 8.78 Å². The third-order valence-electron chi connectivity index (χ3n) is 5.34. The minimum Gasteiger partial charge on any atom is -0.470 e. The summed E-state index contributed by atoms with van der Waals surface area (Å²) in [4.78, 5) is 24.2.